The van der Waals surface area contributed by atoms with Crippen molar-refractivity contribution in [1.29, 1.82) is 0 Å². The van der Waals surface area contributed by atoms with Crippen LogP contribution in [0.1, 0.15) is 21.7 Å². The molecular weight excluding hydrogens is 590 g/mol. The monoisotopic (exact) mass is 596 g/mol. The molecule has 4 rings (SSSR count). The van der Waals surface area contributed by atoms with Crippen LogP contribution in [0.15, 0.2) is 56.0 Å². The van der Waals surface area contributed by atoms with Crippen LogP contribution in [0.5, 0.6) is 0 Å². The molecule has 3 aromatic heterocycles. The van der Waals surface area contributed by atoms with Gasteiger partial charge in [-0.3, -0.25) is 4.79 Å². The highest BCUT2D eigenvalue weighted by atomic mass is 79.9. The predicted molar refractivity (Wildman–Crippen MR) is 110 cm³/mol. The van der Waals surface area contributed by atoms with E-state index < -0.39 is 35.2 Å². The Morgan fingerprint density at radius 1 is 1.00 bits per heavy atom. The number of benzene rings is 1. The van der Waals surface area contributed by atoms with E-state index in [1.165, 1.54) is 18.2 Å². The number of nitrogens with one attached hydrogen (secondary N) is 1. The lowest BCUT2D eigenvalue weighted by Gasteiger charge is -2.10. The van der Waals surface area contributed by atoms with Gasteiger partial charge in [0, 0.05) is 5.69 Å². The van der Waals surface area contributed by atoms with Crippen molar-refractivity contribution in [3.05, 3.63) is 68.6 Å². The molecule has 14 heteroatoms. The molecule has 0 unspecified atom stereocenters. The van der Waals surface area contributed by atoms with E-state index in [0.29, 0.717) is 16.6 Å². The minimum absolute atomic E-state index is 0.0259. The van der Waals surface area contributed by atoms with Crippen molar-refractivity contribution in [2.45, 2.75) is 12.4 Å². The van der Waals surface area contributed by atoms with E-state index in [-0.39, 0.29) is 31.9 Å². The number of furan rings is 1. The highest BCUT2D eigenvalue weighted by molar-refractivity contribution is 9.10. The molecule has 0 bridgehead atoms. The number of hydrogen-bond acceptors (Lipinski definition) is 4. The summed E-state index contributed by atoms with van der Waals surface area (Å²) in [6, 6.07) is 7.34. The number of fused-ring (bicyclic) bond motifs is 1. The molecule has 0 aliphatic heterocycles. The maximum absolute atomic E-state index is 13.7. The average Bonchev–Trinajstić information content (AvgIpc) is 3.30. The topological polar surface area (TPSA) is 72.4 Å². The van der Waals surface area contributed by atoms with Gasteiger partial charge in [0.05, 0.1) is 10.0 Å². The second kappa shape index (κ2) is 8.17. The van der Waals surface area contributed by atoms with Crippen LogP contribution >= 0.6 is 31.9 Å². The summed E-state index contributed by atoms with van der Waals surface area (Å²) in [4.78, 5) is 16.8. The number of nitrogens with zero attached hydrogens (tertiary/aromatic N) is 3. The number of aromatic nitrogens is 3. The Kier molecular flexibility index (Phi) is 5.76. The second-order valence-corrected chi connectivity index (χ2v) is 8.13. The second-order valence-electron chi connectivity index (χ2n) is 6.56. The summed E-state index contributed by atoms with van der Waals surface area (Å²) in [5.41, 5.74) is -3.50. The van der Waals surface area contributed by atoms with E-state index in [1.54, 1.807) is 0 Å². The Hall–Kier alpha value is -2.87. The smallest absolute Gasteiger partial charge is 0.433 e. The van der Waals surface area contributed by atoms with Crippen LogP contribution in [-0.2, 0) is 12.4 Å². The van der Waals surface area contributed by atoms with Crippen molar-refractivity contribution in [3.8, 4) is 11.5 Å². The van der Waals surface area contributed by atoms with E-state index in [4.69, 9.17) is 4.42 Å². The SMILES string of the molecule is O=C(Nc1cccc(C(F)(F)F)c1)c1nn2c(C(F)(F)F)cc(-c3ccc(Br)o3)nc2c1Br. The summed E-state index contributed by atoms with van der Waals surface area (Å²) >= 11 is 6.09. The minimum Gasteiger partial charge on any atom is -0.448 e. The first kappa shape index (κ1) is 23.3. The largest absolute Gasteiger partial charge is 0.448 e. The number of amides is 1. The fourth-order valence-corrected chi connectivity index (χ4v) is 3.70. The molecule has 6 nitrogen and oxygen atoms in total. The zero-order chi connectivity index (χ0) is 24.1. The Balaban J connectivity index is 1.79. The maximum Gasteiger partial charge on any atom is 0.433 e. The zero-order valence-corrected chi connectivity index (χ0v) is 18.9. The molecule has 0 fully saturated rings. The number of halogens is 8. The summed E-state index contributed by atoms with van der Waals surface area (Å²) in [6.45, 7) is 0. The van der Waals surface area contributed by atoms with Gasteiger partial charge in [-0.2, -0.15) is 31.4 Å². The van der Waals surface area contributed by atoms with Gasteiger partial charge in [-0.1, -0.05) is 6.07 Å². The van der Waals surface area contributed by atoms with Crippen molar-refractivity contribution in [2.75, 3.05) is 5.32 Å². The molecule has 0 aliphatic rings. The average molecular weight is 598 g/mol. The third-order valence-electron chi connectivity index (χ3n) is 4.31. The summed E-state index contributed by atoms with van der Waals surface area (Å²) in [7, 11) is 0. The predicted octanol–water partition coefficient (Wildman–Crippen LogP) is 6.80. The fourth-order valence-electron chi connectivity index (χ4n) is 2.88. The first-order valence-electron chi connectivity index (χ1n) is 8.75. The van der Waals surface area contributed by atoms with E-state index in [9.17, 15) is 31.1 Å². The van der Waals surface area contributed by atoms with Gasteiger partial charge in [-0.05, 0) is 68.3 Å². The third kappa shape index (κ3) is 4.62. The lowest BCUT2D eigenvalue weighted by molar-refractivity contribution is -0.142. The molecule has 0 saturated carbocycles. The molecule has 1 aromatic carbocycles. The standard InChI is InChI=1S/C19H8Br2F6N4O2/c20-13-5-4-11(33-13)10-7-12(19(25,26)27)31-16(29-10)14(21)15(30-31)17(32)28-9-3-1-2-8(6-9)18(22,23)24/h1-7H,(H,28,32). The molecule has 172 valence electrons. The van der Waals surface area contributed by atoms with E-state index in [2.05, 4.69) is 47.3 Å². The molecular formula is C19H8Br2F6N4O2. The molecule has 33 heavy (non-hydrogen) atoms. The Bertz CT molecular complexity index is 1380. The van der Waals surface area contributed by atoms with Crippen LogP contribution in [0, 0.1) is 0 Å². The minimum atomic E-state index is -4.87. The van der Waals surface area contributed by atoms with E-state index in [1.807, 2.05) is 0 Å². The van der Waals surface area contributed by atoms with Crippen molar-refractivity contribution in [3.63, 3.8) is 0 Å². The number of hydrogen-bond donors (Lipinski definition) is 1. The lowest BCUT2D eigenvalue weighted by Crippen LogP contribution is -2.16. The molecule has 0 atom stereocenters. The molecule has 0 radical (unpaired) electrons. The van der Waals surface area contributed by atoms with Gasteiger partial charge < -0.3 is 9.73 Å². The van der Waals surface area contributed by atoms with Crippen LogP contribution in [0.3, 0.4) is 0 Å². The van der Waals surface area contributed by atoms with Crippen LogP contribution in [0.4, 0.5) is 32.0 Å². The van der Waals surface area contributed by atoms with E-state index in [0.717, 1.165) is 12.1 Å². The summed E-state index contributed by atoms with van der Waals surface area (Å²) in [6.07, 6.45) is -9.52. The molecule has 0 spiro atoms. The number of carbonyl (C=O) groups excluding carboxylic acids is 1. The van der Waals surface area contributed by atoms with Gasteiger partial charge in [0.25, 0.3) is 5.91 Å². The molecule has 3 heterocycles. The molecule has 1 amide bonds. The summed E-state index contributed by atoms with van der Waals surface area (Å²) < 4.78 is 85.6. The van der Waals surface area contributed by atoms with Crippen LogP contribution in [-0.4, -0.2) is 20.5 Å². The van der Waals surface area contributed by atoms with Gasteiger partial charge in [0.15, 0.2) is 27.5 Å². The fraction of sp³-hybridized carbons (Fsp3) is 0.105. The molecule has 1 N–H and O–H groups in total. The van der Waals surface area contributed by atoms with Crippen molar-refractivity contribution >= 4 is 49.1 Å². The number of carbonyl (C=O) groups is 1. The first-order chi connectivity index (χ1) is 15.3. The van der Waals surface area contributed by atoms with Gasteiger partial charge >= 0.3 is 12.4 Å². The summed E-state index contributed by atoms with van der Waals surface area (Å²) in [5.74, 6) is -1.01. The Morgan fingerprint density at radius 2 is 1.73 bits per heavy atom. The van der Waals surface area contributed by atoms with Gasteiger partial charge in [-0.25, -0.2) is 9.50 Å². The van der Waals surface area contributed by atoms with E-state index >= 15 is 0 Å². The van der Waals surface area contributed by atoms with Crippen molar-refractivity contribution in [2.24, 2.45) is 0 Å². The highest BCUT2D eigenvalue weighted by Crippen LogP contribution is 2.36. The van der Waals surface area contributed by atoms with Crippen LogP contribution in [0.2, 0.25) is 0 Å². The number of rotatable bonds is 3. The molecule has 0 saturated heterocycles. The van der Waals surface area contributed by atoms with Crippen molar-refractivity contribution in [1.82, 2.24) is 14.6 Å². The van der Waals surface area contributed by atoms with Crippen molar-refractivity contribution < 1.29 is 35.6 Å². The Morgan fingerprint density at radius 3 is 2.33 bits per heavy atom. The summed E-state index contributed by atoms with van der Waals surface area (Å²) in [5, 5.41) is 5.90. The lowest BCUT2D eigenvalue weighted by atomic mass is 10.2. The van der Waals surface area contributed by atoms with Crippen LogP contribution < -0.4 is 5.32 Å². The highest BCUT2D eigenvalue weighted by Gasteiger charge is 2.37. The number of anilines is 1. The molecule has 4 aromatic rings. The van der Waals surface area contributed by atoms with Crippen LogP contribution in [0.25, 0.3) is 17.1 Å². The molecule has 0 aliphatic carbocycles. The maximum atomic E-state index is 13.7. The third-order valence-corrected chi connectivity index (χ3v) is 5.47. The first-order valence-corrected chi connectivity index (χ1v) is 10.3. The zero-order valence-electron chi connectivity index (χ0n) is 15.7. The van der Waals surface area contributed by atoms with Gasteiger partial charge in [0.1, 0.15) is 5.69 Å². The van der Waals surface area contributed by atoms with Gasteiger partial charge in [0.2, 0.25) is 0 Å². The normalized spacial score (nSPS) is 12.4. The Labute approximate surface area is 196 Å². The number of alkyl halides is 6. The quantitative estimate of drug-likeness (QED) is 0.264. The van der Waals surface area contributed by atoms with Gasteiger partial charge in [-0.15, -0.1) is 0 Å².